The second-order valence-electron chi connectivity index (χ2n) is 10.2. The van der Waals surface area contributed by atoms with Gasteiger partial charge in [0, 0.05) is 11.6 Å². The molecule has 0 fully saturated rings. The summed E-state index contributed by atoms with van der Waals surface area (Å²) in [6.45, 7) is 5.57. The van der Waals surface area contributed by atoms with Gasteiger partial charge in [0.15, 0.2) is 0 Å². The van der Waals surface area contributed by atoms with Gasteiger partial charge in [0.25, 0.3) is 11.5 Å². The summed E-state index contributed by atoms with van der Waals surface area (Å²) < 4.78 is 2.36. The van der Waals surface area contributed by atoms with Gasteiger partial charge in [-0.1, -0.05) is 86.4 Å². The van der Waals surface area contributed by atoms with Crippen molar-refractivity contribution < 1.29 is 9.59 Å². The maximum Gasteiger partial charge on any atom is 0.337 e. The SMILES string of the molecule is CC(C)(C)c1ccccc1-n1c(NC(=O)CNC(=O)c2ccccc2)cc(=O)n(Cc2ccc(Cl)c(Cl)c2)c1=O. The van der Waals surface area contributed by atoms with Crippen LogP contribution in [0.5, 0.6) is 0 Å². The monoisotopic (exact) mass is 578 g/mol. The van der Waals surface area contributed by atoms with E-state index in [1.807, 2.05) is 32.9 Å². The molecule has 0 saturated heterocycles. The minimum atomic E-state index is -0.654. The van der Waals surface area contributed by atoms with Crippen molar-refractivity contribution in [1.82, 2.24) is 14.5 Å². The van der Waals surface area contributed by atoms with Crippen LogP contribution in [0.15, 0.2) is 88.5 Å². The number of benzene rings is 3. The molecule has 0 radical (unpaired) electrons. The van der Waals surface area contributed by atoms with Crippen LogP contribution >= 0.6 is 23.2 Å². The molecule has 2 amide bonds. The molecule has 206 valence electrons. The van der Waals surface area contributed by atoms with Gasteiger partial charge >= 0.3 is 5.69 Å². The number of amides is 2. The van der Waals surface area contributed by atoms with E-state index in [1.165, 1.54) is 10.6 Å². The molecule has 0 bridgehead atoms. The predicted octanol–water partition coefficient (Wildman–Crippen LogP) is 5.02. The summed E-state index contributed by atoms with van der Waals surface area (Å²) in [7, 11) is 0. The summed E-state index contributed by atoms with van der Waals surface area (Å²) in [5.74, 6) is -1.05. The van der Waals surface area contributed by atoms with E-state index in [-0.39, 0.29) is 24.3 Å². The smallest absolute Gasteiger partial charge is 0.337 e. The third kappa shape index (κ3) is 6.52. The molecule has 8 nitrogen and oxygen atoms in total. The van der Waals surface area contributed by atoms with E-state index in [2.05, 4.69) is 10.6 Å². The van der Waals surface area contributed by atoms with Gasteiger partial charge in [0.2, 0.25) is 5.91 Å². The molecule has 1 aromatic heterocycles. The summed E-state index contributed by atoms with van der Waals surface area (Å²) in [4.78, 5) is 52.4. The molecular formula is C30H28Cl2N4O4. The van der Waals surface area contributed by atoms with Crippen LogP contribution in [0.1, 0.15) is 42.3 Å². The highest BCUT2D eigenvalue weighted by molar-refractivity contribution is 6.42. The highest BCUT2D eigenvalue weighted by Gasteiger charge is 2.23. The lowest BCUT2D eigenvalue weighted by molar-refractivity contribution is -0.115. The lowest BCUT2D eigenvalue weighted by Gasteiger charge is -2.25. The standard InChI is InChI=1S/C30H28Cl2N4O4/c1-30(2,3)21-11-7-8-12-24(21)36-25(34-26(37)17-33-28(39)20-9-5-4-6-10-20)16-27(38)35(29(36)40)18-19-13-14-22(31)23(32)15-19/h4-16H,17-18H2,1-3H3,(H,33,39)(H,34,37). The number of para-hydroxylation sites is 1. The molecule has 0 aliphatic heterocycles. The highest BCUT2D eigenvalue weighted by Crippen LogP contribution is 2.29. The number of carbonyl (C=O) groups is 2. The number of carbonyl (C=O) groups excluding carboxylic acids is 2. The van der Waals surface area contributed by atoms with Crippen LogP contribution in [0.3, 0.4) is 0 Å². The Balaban J connectivity index is 1.75. The molecule has 10 heteroatoms. The van der Waals surface area contributed by atoms with E-state index in [0.717, 1.165) is 10.1 Å². The Labute approximate surface area is 241 Å². The fourth-order valence-corrected chi connectivity index (χ4v) is 4.53. The highest BCUT2D eigenvalue weighted by atomic mass is 35.5. The topological polar surface area (TPSA) is 102 Å². The van der Waals surface area contributed by atoms with Crippen molar-refractivity contribution in [3.63, 3.8) is 0 Å². The summed E-state index contributed by atoms with van der Waals surface area (Å²) in [5, 5.41) is 5.84. The van der Waals surface area contributed by atoms with Crippen LogP contribution in [-0.4, -0.2) is 27.5 Å². The fraction of sp³-hybridized carbons (Fsp3) is 0.200. The van der Waals surface area contributed by atoms with Gasteiger partial charge in [-0.3, -0.25) is 19.0 Å². The molecule has 0 aliphatic carbocycles. The molecule has 0 unspecified atom stereocenters. The average molecular weight is 579 g/mol. The number of rotatable bonds is 7. The van der Waals surface area contributed by atoms with Crippen molar-refractivity contribution in [2.45, 2.75) is 32.7 Å². The number of halogens is 2. The van der Waals surface area contributed by atoms with Crippen molar-refractivity contribution in [3.05, 3.63) is 126 Å². The summed E-state index contributed by atoms with van der Waals surface area (Å²) in [6, 6.07) is 21.8. The van der Waals surface area contributed by atoms with Crippen LogP contribution in [-0.2, 0) is 16.8 Å². The molecule has 0 saturated carbocycles. The number of hydrogen-bond acceptors (Lipinski definition) is 4. The molecule has 4 rings (SSSR count). The van der Waals surface area contributed by atoms with Crippen LogP contribution in [0.25, 0.3) is 5.69 Å². The molecule has 0 aliphatic rings. The van der Waals surface area contributed by atoms with Gasteiger partial charge in [0.05, 0.1) is 28.8 Å². The van der Waals surface area contributed by atoms with Crippen LogP contribution in [0, 0.1) is 0 Å². The van der Waals surface area contributed by atoms with Crippen LogP contribution in [0.2, 0.25) is 10.0 Å². The summed E-state index contributed by atoms with van der Waals surface area (Å²) >= 11 is 12.2. The molecule has 3 aromatic carbocycles. The zero-order valence-electron chi connectivity index (χ0n) is 22.2. The van der Waals surface area contributed by atoms with Crippen molar-refractivity contribution >= 4 is 40.8 Å². The molecule has 4 aromatic rings. The first-order valence-corrected chi connectivity index (χ1v) is 13.2. The second-order valence-corrected chi connectivity index (χ2v) is 11.0. The summed E-state index contributed by atoms with van der Waals surface area (Å²) in [5.41, 5.74) is 0.686. The number of nitrogens with one attached hydrogen (secondary N) is 2. The fourth-order valence-electron chi connectivity index (χ4n) is 4.21. The van der Waals surface area contributed by atoms with Gasteiger partial charge < -0.3 is 10.6 Å². The van der Waals surface area contributed by atoms with Crippen molar-refractivity contribution in [2.24, 2.45) is 0 Å². The third-order valence-electron chi connectivity index (χ3n) is 6.18. The molecule has 0 atom stereocenters. The molecule has 40 heavy (non-hydrogen) atoms. The third-order valence-corrected chi connectivity index (χ3v) is 6.92. The minimum absolute atomic E-state index is 0.0175. The first kappa shape index (κ1) is 28.9. The Hall–Kier alpha value is -4.14. The lowest BCUT2D eigenvalue weighted by atomic mass is 9.85. The lowest BCUT2D eigenvalue weighted by Crippen LogP contribution is -2.42. The van der Waals surface area contributed by atoms with Gasteiger partial charge in [-0.15, -0.1) is 0 Å². The van der Waals surface area contributed by atoms with E-state index >= 15 is 0 Å². The zero-order chi connectivity index (χ0) is 29.0. The number of anilines is 1. The molecule has 0 spiro atoms. The second kappa shape index (κ2) is 11.9. The largest absolute Gasteiger partial charge is 0.343 e. The number of aromatic nitrogens is 2. The molecule has 1 heterocycles. The van der Waals surface area contributed by atoms with E-state index in [4.69, 9.17) is 23.2 Å². The molecule has 2 N–H and O–H groups in total. The quantitative estimate of drug-likeness (QED) is 0.321. The maximum atomic E-state index is 13.9. The Morgan fingerprint density at radius 3 is 2.20 bits per heavy atom. The number of hydrogen-bond donors (Lipinski definition) is 2. The van der Waals surface area contributed by atoms with Crippen LogP contribution < -0.4 is 21.9 Å². The Bertz CT molecular complexity index is 1690. The average Bonchev–Trinajstić information content (AvgIpc) is 2.91. The maximum absolute atomic E-state index is 13.9. The Morgan fingerprint density at radius 1 is 0.850 bits per heavy atom. The first-order valence-electron chi connectivity index (χ1n) is 12.5. The Morgan fingerprint density at radius 2 is 1.52 bits per heavy atom. The normalized spacial score (nSPS) is 11.2. The number of nitrogens with zero attached hydrogens (tertiary/aromatic N) is 2. The van der Waals surface area contributed by atoms with Crippen molar-refractivity contribution in [1.29, 1.82) is 0 Å². The molecular weight excluding hydrogens is 551 g/mol. The Kier molecular flexibility index (Phi) is 8.61. The van der Waals surface area contributed by atoms with Crippen molar-refractivity contribution in [2.75, 3.05) is 11.9 Å². The van der Waals surface area contributed by atoms with Gasteiger partial charge in [-0.25, -0.2) is 9.36 Å². The summed E-state index contributed by atoms with van der Waals surface area (Å²) in [6.07, 6.45) is 0. The zero-order valence-corrected chi connectivity index (χ0v) is 23.7. The van der Waals surface area contributed by atoms with Crippen molar-refractivity contribution in [3.8, 4) is 5.69 Å². The van der Waals surface area contributed by atoms with Gasteiger partial charge in [-0.2, -0.15) is 0 Å². The van der Waals surface area contributed by atoms with E-state index in [9.17, 15) is 19.2 Å². The van der Waals surface area contributed by atoms with E-state index < -0.39 is 23.1 Å². The minimum Gasteiger partial charge on any atom is -0.343 e. The van der Waals surface area contributed by atoms with Crippen LogP contribution in [0.4, 0.5) is 5.82 Å². The first-order chi connectivity index (χ1) is 19.0. The van der Waals surface area contributed by atoms with Gasteiger partial charge in [-0.05, 0) is 46.9 Å². The van der Waals surface area contributed by atoms with E-state index in [0.29, 0.717) is 26.9 Å². The van der Waals surface area contributed by atoms with E-state index in [1.54, 1.807) is 60.7 Å². The predicted molar refractivity (Wildman–Crippen MR) is 158 cm³/mol. The van der Waals surface area contributed by atoms with Gasteiger partial charge in [0.1, 0.15) is 5.82 Å².